The molecule has 1 aliphatic rings. The molecule has 1 amide bonds. The van der Waals surface area contributed by atoms with Crippen molar-refractivity contribution in [3.8, 4) is 22.4 Å². The molecule has 0 aliphatic heterocycles. The zero-order valence-electron chi connectivity index (χ0n) is 28.5. The first-order valence-corrected chi connectivity index (χ1v) is 17.9. The number of halogens is 2. The van der Waals surface area contributed by atoms with E-state index < -0.39 is 22.8 Å². The van der Waals surface area contributed by atoms with E-state index in [1.165, 1.54) is 0 Å². The average Bonchev–Trinajstić information content (AvgIpc) is 3.72. The van der Waals surface area contributed by atoms with Crippen LogP contribution in [0.15, 0.2) is 164 Å². The third kappa shape index (κ3) is 5.27. The van der Waals surface area contributed by atoms with Gasteiger partial charge in [0.15, 0.2) is 0 Å². The average molecular weight is 714 g/mol. The topological polar surface area (TPSA) is 78.2 Å². The van der Waals surface area contributed by atoms with Gasteiger partial charge in [0.05, 0.1) is 6.20 Å². The van der Waals surface area contributed by atoms with Crippen LogP contribution in [0.1, 0.15) is 51.1 Å². The van der Waals surface area contributed by atoms with Gasteiger partial charge >= 0.3 is 0 Å². The van der Waals surface area contributed by atoms with Crippen LogP contribution in [0.2, 0.25) is 5.02 Å². The molecule has 0 saturated heterocycles. The zero-order valence-corrected chi connectivity index (χ0v) is 29.3. The van der Waals surface area contributed by atoms with Gasteiger partial charge in [0.25, 0.3) is 0 Å². The Morgan fingerprint density at radius 3 is 1.81 bits per heavy atom. The van der Waals surface area contributed by atoms with E-state index in [1.807, 2.05) is 53.1 Å². The molecule has 2 N–H and O–H groups in total. The molecule has 0 radical (unpaired) electrons. The first kappa shape index (κ1) is 32.6. The van der Waals surface area contributed by atoms with E-state index in [-0.39, 0.29) is 0 Å². The molecule has 0 spiro atoms. The minimum Gasteiger partial charge on any atom is -0.366 e. The van der Waals surface area contributed by atoms with Crippen LogP contribution in [0.3, 0.4) is 0 Å². The molecule has 0 atom stereocenters. The highest BCUT2D eigenvalue weighted by Gasteiger charge is 2.50. The Morgan fingerprint density at radius 2 is 1.28 bits per heavy atom. The summed E-state index contributed by atoms with van der Waals surface area (Å²) in [4.78, 5) is 16.3. The molecular formula is C45H33ClFN5O. The van der Waals surface area contributed by atoms with Crippen molar-refractivity contribution in [1.29, 1.82) is 0 Å². The summed E-state index contributed by atoms with van der Waals surface area (Å²) >= 11 is 6.38. The van der Waals surface area contributed by atoms with Gasteiger partial charge in [-0.25, -0.2) is 0 Å². The number of nitrogens with two attached hydrogens (primary N) is 1. The molecule has 8 aromatic rings. The lowest BCUT2D eigenvalue weighted by atomic mass is 9.77. The van der Waals surface area contributed by atoms with Crippen molar-refractivity contribution >= 4 is 23.2 Å². The number of pyridine rings is 1. The van der Waals surface area contributed by atoms with Gasteiger partial charge in [-0.2, -0.15) is 14.5 Å². The summed E-state index contributed by atoms with van der Waals surface area (Å²) in [5, 5.41) is 5.82. The third-order valence-corrected chi connectivity index (χ3v) is 10.8. The first-order valence-electron chi connectivity index (χ1n) is 17.5. The maximum atomic E-state index is 16.2. The summed E-state index contributed by atoms with van der Waals surface area (Å²) in [7, 11) is 0. The molecule has 1 fully saturated rings. The van der Waals surface area contributed by atoms with Crippen LogP contribution >= 0.6 is 11.6 Å². The molecule has 5 aromatic carbocycles. The predicted molar refractivity (Wildman–Crippen MR) is 206 cm³/mol. The molecule has 3 heterocycles. The fourth-order valence-corrected chi connectivity index (χ4v) is 8.11. The van der Waals surface area contributed by atoms with E-state index in [2.05, 4.69) is 101 Å². The molecule has 6 nitrogen and oxygen atoms in total. The van der Waals surface area contributed by atoms with Crippen molar-refractivity contribution in [2.45, 2.75) is 23.8 Å². The number of amides is 1. The molecule has 1 aliphatic carbocycles. The van der Waals surface area contributed by atoms with E-state index in [1.54, 1.807) is 24.3 Å². The van der Waals surface area contributed by atoms with Crippen LogP contribution in [0, 0.1) is 5.95 Å². The van der Waals surface area contributed by atoms with Gasteiger partial charge in [0.1, 0.15) is 16.9 Å². The van der Waals surface area contributed by atoms with Gasteiger partial charge < -0.3 is 5.73 Å². The Bertz CT molecular complexity index is 2500. The Morgan fingerprint density at radius 1 is 0.717 bits per heavy atom. The number of fused-ring (bicyclic) bond motifs is 1. The number of nitrogens with zero attached hydrogens (tertiary/aromatic N) is 4. The second-order valence-corrected chi connectivity index (χ2v) is 14.0. The van der Waals surface area contributed by atoms with Crippen molar-refractivity contribution in [3.05, 3.63) is 209 Å². The third-order valence-electron chi connectivity index (χ3n) is 10.6. The molecule has 53 heavy (non-hydrogen) atoms. The van der Waals surface area contributed by atoms with Crippen LogP contribution in [0.4, 0.5) is 4.39 Å². The summed E-state index contributed by atoms with van der Waals surface area (Å²) < 4.78 is 20.2. The SMILES string of the molecule is NC(=O)c1ccc(-c2c(F)nc3ccc(-c4cnn(C(c5ccccc5)(c5ccccc5)c5ccccc5)c4)c(C4(c5ccc(Cl)cc5)CC4)n23)cc1. The van der Waals surface area contributed by atoms with E-state index in [0.717, 1.165) is 51.9 Å². The predicted octanol–water partition coefficient (Wildman–Crippen LogP) is 9.68. The fraction of sp³-hybridized carbons (Fsp3) is 0.0889. The quantitative estimate of drug-likeness (QED) is 0.151. The van der Waals surface area contributed by atoms with E-state index >= 15 is 4.39 Å². The second kappa shape index (κ2) is 12.7. The number of hydrogen-bond acceptors (Lipinski definition) is 3. The Balaban J connectivity index is 1.32. The van der Waals surface area contributed by atoms with Crippen LogP contribution in [-0.4, -0.2) is 25.1 Å². The number of rotatable bonds is 9. The number of benzene rings is 5. The highest BCUT2D eigenvalue weighted by molar-refractivity contribution is 6.30. The highest BCUT2D eigenvalue weighted by Crippen LogP contribution is 2.57. The van der Waals surface area contributed by atoms with Crippen molar-refractivity contribution < 1.29 is 9.18 Å². The van der Waals surface area contributed by atoms with Crippen LogP contribution < -0.4 is 5.73 Å². The number of aromatic nitrogens is 4. The molecular weight excluding hydrogens is 681 g/mol. The second-order valence-electron chi connectivity index (χ2n) is 13.6. The number of hydrogen-bond donors (Lipinski definition) is 1. The normalized spacial score (nSPS) is 13.6. The maximum absolute atomic E-state index is 16.2. The van der Waals surface area contributed by atoms with Gasteiger partial charge in [-0.15, -0.1) is 0 Å². The number of carbonyl (C=O) groups is 1. The number of imidazole rings is 1. The lowest BCUT2D eigenvalue weighted by Crippen LogP contribution is -2.38. The fourth-order valence-electron chi connectivity index (χ4n) is 7.99. The lowest BCUT2D eigenvalue weighted by molar-refractivity contribution is 0.100. The minimum absolute atomic E-state index is 0.313. The zero-order chi connectivity index (χ0) is 36.2. The van der Waals surface area contributed by atoms with Crippen molar-refractivity contribution in [2.24, 2.45) is 5.73 Å². The number of carbonyl (C=O) groups excluding carboxylic acids is 1. The Kier molecular flexibility index (Phi) is 7.82. The van der Waals surface area contributed by atoms with Gasteiger partial charge in [0.2, 0.25) is 11.9 Å². The molecule has 8 heteroatoms. The molecule has 0 bridgehead atoms. The lowest BCUT2D eigenvalue weighted by Gasteiger charge is -2.36. The summed E-state index contributed by atoms with van der Waals surface area (Å²) in [6, 6.07) is 49.7. The monoisotopic (exact) mass is 713 g/mol. The van der Waals surface area contributed by atoms with E-state index in [0.29, 0.717) is 27.5 Å². The highest BCUT2D eigenvalue weighted by atomic mass is 35.5. The summed E-state index contributed by atoms with van der Waals surface area (Å²) in [6.45, 7) is 0. The van der Waals surface area contributed by atoms with Gasteiger partial charge in [0, 0.05) is 44.6 Å². The van der Waals surface area contributed by atoms with Crippen molar-refractivity contribution in [1.82, 2.24) is 19.2 Å². The Hall–Kier alpha value is -6.31. The summed E-state index contributed by atoms with van der Waals surface area (Å²) in [5.41, 5.74) is 12.9. The van der Waals surface area contributed by atoms with Crippen LogP contribution in [0.25, 0.3) is 28.0 Å². The smallest absolute Gasteiger partial charge is 0.248 e. The van der Waals surface area contributed by atoms with E-state index in [9.17, 15) is 4.79 Å². The summed E-state index contributed by atoms with van der Waals surface area (Å²) in [6.07, 6.45) is 5.69. The van der Waals surface area contributed by atoms with Crippen LogP contribution in [-0.2, 0) is 11.0 Å². The molecule has 9 rings (SSSR count). The molecule has 0 unspecified atom stereocenters. The molecule has 1 saturated carbocycles. The van der Waals surface area contributed by atoms with Gasteiger partial charge in [-0.1, -0.05) is 127 Å². The first-order chi connectivity index (χ1) is 25.9. The molecule has 258 valence electrons. The Labute approximate surface area is 311 Å². The largest absolute Gasteiger partial charge is 0.366 e. The van der Waals surface area contributed by atoms with Gasteiger partial charge in [-0.3, -0.25) is 13.9 Å². The van der Waals surface area contributed by atoms with Crippen molar-refractivity contribution in [3.63, 3.8) is 0 Å². The van der Waals surface area contributed by atoms with Crippen LogP contribution in [0.5, 0.6) is 0 Å². The standard InChI is InChI=1S/C45H33ClFN5O/c46-37-22-20-33(21-23-37)44(26-27-44)41-38(24-25-39-50-42(47)40(52(39)41)30-16-18-31(19-17-30)43(48)53)32-28-49-51(29-32)45(34-10-4-1-5-11-34,35-12-6-2-7-13-35)36-14-8-3-9-15-36/h1-25,28-29H,26-27H2,(H2,48,53). The van der Waals surface area contributed by atoms with Crippen molar-refractivity contribution in [2.75, 3.05) is 0 Å². The maximum Gasteiger partial charge on any atom is 0.248 e. The molecule has 3 aromatic heterocycles. The van der Waals surface area contributed by atoms with E-state index in [4.69, 9.17) is 22.4 Å². The minimum atomic E-state index is -0.811. The van der Waals surface area contributed by atoms with Gasteiger partial charge in [-0.05, 0) is 71.5 Å². The number of primary amides is 1. The summed E-state index contributed by atoms with van der Waals surface area (Å²) in [5.74, 6) is -1.15.